The van der Waals surface area contributed by atoms with Crippen LogP contribution in [0.15, 0.2) is 24.3 Å². The lowest BCUT2D eigenvalue weighted by molar-refractivity contribution is -0.302. The molecule has 9 nitrogen and oxygen atoms in total. The summed E-state index contributed by atoms with van der Waals surface area (Å²) in [6.45, 7) is 3.78. The van der Waals surface area contributed by atoms with Crippen LogP contribution < -0.4 is 5.32 Å². The van der Waals surface area contributed by atoms with E-state index in [1.807, 2.05) is 6.08 Å². The van der Waals surface area contributed by atoms with E-state index >= 15 is 0 Å². The predicted molar refractivity (Wildman–Crippen MR) is 235 cm³/mol. The summed E-state index contributed by atoms with van der Waals surface area (Å²) < 4.78 is 11.2. The van der Waals surface area contributed by atoms with Crippen LogP contribution >= 0.6 is 0 Å². The average Bonchev–Trinajstić information content (AvgIpc) is 3.21. The second-order valence-electron chi connectivity index (χ2n) is 16.9. The third kappa shape index (κ3) is 29.5. The van der Waals surface area contributed by atoms with Crippen molar-refractivity contribution in [3.63, 3.8) is 0 Å². The van der Waals surface area contributed by atoms with Crippen molar-refractivity contribution in [2.24, 2.45) is 0 Å². The third-order valence-electron chi connectivity index (χ3n) is 11.5. The highest BCUT2D eigenvalue weighted by atomic mass is 16.7. The van der Waals surface area contributed by atoms with Gasteiger partial charge >= 0.3 is 0 Å². The van der Waals surface area contributed by atoms with Crippen LogP contribution in [0.4, 0.5) is 0 Å². The summed E-state index contributed by atoms with van der Waals surface area (Å²) in [4.78, 5) is 13.0. The first-order valence-electron chi connectivity index (χ1n) is 24.1. The topological polar surface area (TPSA) is 149 Å². The lowest BCUT2D eigenvalue weighted by Crippen LogP contribution is -2.60. The number of amides is 1. The minimum atomic E-state index is -1.56. The Bertz CT molecular complexity index is 945. The summed E-state index contributed by atoms with van der Waals surface area (Å²) in [7, 11) is 0. The van der Waals surface area contributed by atoms with Crippen molar-refractivity contribution in [2.75, 3.05) is 13.2 Å². The van der Waals surface area contributed by atoms with Crippen molar-refractivity contribution in [1.29, 1.82) is 0 Å². The number of ether oxygens (including phenoxy) is 2. The van der Waals surface area contributed by atoms with Gasteiger partial charge in [-0.05, 0) is 44.9 Å². The van der Waals surface area contributed by atoms with Crippen molar-refractivity contribution < 1.29 is 39.8 Å². The molecule has 0 aromatic rings. The zero-order chi connectivity index (χ0) is 41.6. The van der Waals surface area contributed by atoms with Crippen LogP contribution in [0.5, 0.6) is 0 Å². The van der Waals surface area contributed by atoms with Crippen LogP contribution in [0.1, 0.15) is 219 Å². The summed E-state index contributed by atoms with van der Waals surface area (Å²) in [6, 6.07) is -0.804. The second kappa shape index (κ2) is 38.8. The van der Waals surface area contributed by atoms with Gasteiger partial charge in [-0.3, -0.25) is 4.79 Å². The summed E-state index contributed by atoms with van der Waals surface area (Å²) in [5.41, 5.74) is 0. The van der Waals surface area contributed by atoms with E-state index in [1.54, 1.807) is 6.08 Å². The van der Waals surface area contributed by atoms with Gasteiger partial charge in [0.25, 0.3) is 0 Å². The first-order valence-corrected chi connectivity index (χ1v) is 24.1. The van der Waals surface area contributed by atoms with E-state index in [0.29, 0.717) is 6.42 Å². The van der Waals surface area contributed by atoms with E-state index in [4.69, 9.17) is 9.47 Å². The second-order valence-corrected chi connectivity index (χ2v) is 16.9. The quantitative estimate of drug-likeness (QED) is 0.0265. The number of hydrogen-bond acceptors (Lipinski definition) is 8. The van der Waals surface area contributed by atoms with Crippen LogP contribution in [0, 0.1) is 0 Å². The summed E-state index contributed by atoms with van der Waals surface area (Å²) in [5, 5.41) is 54.2. The van der Waals surface area contributed by atoms with Gasteiger partial charge < -0.3 is 40.3 Å². The van der Waals surface area contributed by atoms with Gasteiger partial charge in [0.1, 0.15) is 24.4 Å². The van der Waals surface area contributed by atoms with E-state index in [2.05, 4.69) is 31.3 Å². The van der Waals surface area contributed by atoms with Crippen LogP contribution in [-0.4, -0.2) is 87.5 Å². The molecule has 0 saturated carbocycles. The number of unbranched alkanes of at least 4 members (excludes halogenated alkanes) is 28. The highest BCUT2D eigenvalue weighted by Gasteiger charge is 2.44. The van der Waals surface area contributed by atoms with Gasteiger partial charge in [-0.1, -0.05) is 192 Å². The molecule has 7 atom stereocenters. The normalized spacial score (nSPS) is 21.1. The number of allylic oxidation sites excluding steroid dienone is 3. The van der Waals surface area contributed by atoms with Gasteiger partial charge in [0.2, 0.25) is 5.91 Å². The molecule has 0 aromatic heterocycles. The first kappa shape index (κ1) is 53.7. The van der Waals surface area contributed by atoms with Gasteiger partial charge in [0, 0.05) is 6.42 Å². The average molecular weight is 810 g/mol. The fourth-order valence-electron chi connectivity index (χ4n) is 7.62. The smallest absolute Gasteiger partial charge is 0.220 e. The molecule has 6 N–H and O–H groups in total. The number of aliphatic hydroxyl groups excluding tert-OH is 5. The van der Waals surface area contributed by atoms with E-state index in [0.717, 1.165) is 44.9 Å². The molecule has 1 amide bonds. The number of aliphatic hydroxyl groups is 5. The van der Waals surface area contributed by atoms with Gasteiger partial charge in [-0.25, -0.2) is 0 Å². The van der Waals surface area contributed by atoms with Crippen LogP contribution in [0.25, 0.3) is 0 Å². The molecule has 1 saturated heterocycles. The molecule has 7 unspecified atom stereocenters. The molecule has 57 heavy (non-hydrogen) atoms. The molecule has 0 spiro atoms. The van der Waals surface area contributed by atoms with Crippen molar-refractivity contribution in [2.45, 2.75) is 262 Å². The van der Waals surface area contributed by atoms with E-state index in [1.165, 1.54) is 154 Å². The molecule has 1 aliphatic rings. The Morgan fingerprint density at radius 2 is 0.982 bits per heavy atom. The zero-order valence-corrected chi connectivity index (χ0v) is 36.9. The largest absolute Gasteiger partial charge is 0.394 e. The lowest BCUT2D eigenvalue weighted by atomic mass is 9.99. The fourth-order valence-corrected chi connectivity index (χ4v) is 7.62. The van der Waals surface area contributed by atoms with E-state index in [-0.39, 0.29) is 12.5 Å². The highest BCUT2D eigenvalue weighted by Crippen LogP contribution is 2.23. The molecule has 0 aliphatic carbocycles. The van der Waals surface area contributed by atoms with Gasteiger partial charge in [-0.2, -0.15) is 0 Å². The third-order valence-corrected chi connectivity index (χ3v) is 11.5. The summed E-state index contributed by atoms with van der Waals surface area (Å²) in [5.74, 6) is -0.181. The Morgan fingerprint density at radius 3 is 1.42 bits per heavy atom. The molecule has 1 heterocycles. The standard InChI is InChI=1S/C48H91NO8/c1-3-5-7-9-11-13-15-17-19-21-23-25-27-29-31-33-35-37-42(51)41(40-56-48-47(55)46(54)45(53)43(39-50)57-48)49-44(52)38-36-34-32-30-28-26-24-22-20-18-16-14-12-10-8-6-4-2/h18,20,35,37,41-43,45-48,50-51,53-55H,3-17,19,21-34,36,38-40H2,1-2H3,(H,49,52)/b20-18-,37-35+. The Hall–Kier alpha value is -1.33. The van der Waals surface area contributed by atoms with Gasteiger partial charge in [0.05, 0.1) is 25.4 Å². The zero-order valence-electron chi connectivity index (χ0n) is 36.9. The van der Waals surface area contributed by atoms with Gasteiger partial charge in [0.15, 0.2) is 6.29 Å². The van der Waals surface area contributed by atoms with Crippen LogP contribution in [0.3, 0.4) is 0 Å². The number of rotatable bonds is 40. The Labute approximate surface area is 349 Å². The van der Waals surface area contributed by atoms with Crippen LogP contribution in [-0.2, 0) is 14.3 Å². The Kier molecular flexibility index (Phi) is 36.6. The molecule has 1 fully saturated rings. The van der Waals surface area contributed by atoms with Crippen molar-refractivity contribution in [3.8, 4) is 0 Å². The highest BCUT2D eigenvalue weighted by molar-refractivity contribution is 5.76. The van der Waals surface area contributed by atoms with Crippen molar-refractivity contribution in [3.05, 3.63) is 24.3 Å². The summed E-state index contributed by atoms with van der Waals surface area (Å²) >= 11 is 0. The maximum atomic E-state index is 13.0. The molecule has 336 valence electrons. The molecule has 9 heteroatoms. The Morgan fingerprint density at radius 1 is 0.579 bits per heavy atom. The van der Waals surface area contributed by atoms with E-state index in [9.17, 15) is 30.3 Å². The van der Waals surface area contributed by atoms with Gasteiger partial charge in [-0.15, -0.1) is 0 Å². The van der Waals surface area contributed by atoms with E-state index < -0.39 is 49.5 Å². The molecule has 0 bridgehead atoms. The predicted octanol–water partition coefficient (Wildman–Crippen LogP) is 10.3. The molecular weight excluding hydrogens is 719 g/mol. The number of nitrogens with one attached hydrogen (secondary N) is 1. The molecule has 0 aromatic carbocycles. The molecule has 1 aliphatic heterocycles. The molecule has 0 radical (unpaired) electrons. The first-order chi connectivity index (χ1) is 27.8. The van der Waals surface area contributed by atoms with Crippen molar-refractivity contribution in [1.82, 2.24) is 5.32 Å². The number of hydrogen-bond donors (Lipinski definition) is 6. The Balaban J connectivity index is 2.34. The minimum Gasteiger partial charge on any atom is -0.394 e. The fraction of sp³-hybridized carbons (Fsp3) is 0.896. The summed E-state index contributed by atoms with van der Waals surface area (Å²) in [6.07, 6.45) is 39.3. The monoisotopic (exact) mass is 810 g/mol. The maximum absolute atomic E-state index is 13.0. The minimum absolute atomic E-state index is 0.181. The number of carbonyl (C=O) groups excluding carboxylic acids is 1. The molecule has 1 rings (SSSR count). The van der Waals surface area contributed by atoms with Crippen LogP contribution in [0.2, 0.25) is 0 Å². The SMILES string of the molecule is CCCCCCCC/C=C\CCCCCCCCCC(=O)NC(COC1OC(CO)C(O)C(O)C1O)C(O)/C=C/CCCCCCCCCCCCCCCCC. The number of carbonyl (C=O) groups is 1. The maximum Gasteiger partial charge on any atom is 0.220 e. The lowest BCUT2D eigenvalue weighted by Gasteiger charge is -2.40. The van der Waals surface area contributed by atoms with Crippen molar-refractivity contribution >= 4 is 5.91 Å². The molecular formula is C48H91NO8.